The number of aliphatic hydroxyl groups excluding tert-OH is 3. The van der Waals surface area contributed by atoms with Gasteiger partial charge in [-0.05, 0) is 49.3 Å². The van der Waals surface area contributed by atoms with E-state index in [2.05, 4.69) is 43.3 Å². The molecule has 0 bridgehead atoms. The van der Waals surface area contributed by atoms with E-state index in [-0.39, 0.29) is 5.57 Å². The summed E-state index contributed by atoms with van der Waals surface area (Å²) < 4.78 is 0. The second kappa shape index (κ2) is 8.23. The van der Waals surface area contributed by atoms with Gasteiger partial charge in [-0.3, -0.25) is 4.79 Å². The fourth-order valence-electron chi connectivity index (χ4n) is 3.38. The molecule has 0 heterocycles. The first-order valence-electron chi connectivity index (χ1n) is 9.12. The average molecular weight is 364 g/mol. The molecular formula is C23H24O4. The second-order valence-corrected chi connectivity index (χ2v) is 7.02. The van der Waals surface area contributed by atoms with Gasteiger partial charge in [0, 0.05) is 11.6 Å². The molecule has 4 nitrogen and oxygen atoms in total. The zero-order valence-corrected chi connectivity index (χ0v) is 15.4. The minimum absolute atomic E-state index is 0.171. The first-order valence-corrected chi connectivity index (χ1v) is 9.12. The van der Waals surface area contributed by atoms with Crippen molar-refractivity contribution >= 4 is 5.78 Å². The molecule has 140 valence electrons. The third-order valence-electron chi connectivity index (χ3n) is 4.89. The van der Waals surface area contributed by atoms with Crippen LogP contribution in [0.15, 0.2) is 71.7 Å². The van der Waals surface area contributed by atoms with Gasteiger partial charge < -0.3 is 15.3 Å². The molecule has 0 saturated heterocycles. The van der Waals surface area contributed by atoms with Gasteiger partial charge in [-0.25, -0.2) is 0 Å². The van der Waals surface area contributed by atoms with E-state index in [9.17, 15) is 20.1 Å². The highest BCUT2D eigenvalue weighted by Gasteiger charge is 2.28. The largest absolute Gasteiger partial charge is 0.509 e. The van der Waals surface area contributed by atoms with Crippen LogP contribution in [0.4, 0.5) is 0 Å². The lowest BCUT2D eigenvalue weighted by atomic mass is 9.92. The fraction of sp³-hybridized carbons (Fsp3) is 0.261. The molecule has 0 radical (unpaired) electrons. The maximum atomic E-state index is 11.6. The Bertz CT molecular complexity index is 908. The summed E-state index contributed by atoms with van der Waals surface area (Å²) in [4.78, 5) is 11.6. The number of carbonyl (C=O) groups excluding carboxylic acids is 1. The summed E-state index contributed by atoms with van der Waals surface area (Å²) in [6.45, 7) is 2.09. The normalized spacial score (nSPS) is 17.2. The van der Waals surface area contributed by atoms with Crippen molar-refractivity contribution in [1.82, 2.24) is 0 Å². The lowest BCUT2D eigenvalue weighted by Crippen LogP contribution is -2.24. The maximum absolute atomic E-state index is 11.6. The van der Waals surface area contributed by atoms with Gasteiger partial charge in [-0.1, -0.05) is 54.1 Å². The van der Waals surface area contributed by atoms with Gasteiger partial charge in [0.15, 0.2) is 5.76 Å². The molecule has 1 atom stereocenters. The molecule has 2 aromatic carbocycles. The van der Waals surface area contributed by atoms with Crippen LogP contribution in [0.1, 0.15) is 28.7 Å². The Balaban J connectivity index is 1.64. The zero-order chi connectivity index (χ0) is 19.4. The van der Waals surface area contributed by atoms with Gasteiger partial charge >= 0.3 is 0 Å². The summed E-state index contributed by atoms with van der Waals surface area (Å²) >= 11 is 0. The lowest BCUT2D eigenvalue weighted by Gasteiger charge is -2.19. The third kappa shape index (κ3) is 4.66. The van der Waals surface area contributed by atoms with Gasteiger partial charge in [0.05, 0.1) is 0 Å². The van der Waals surface area contributed by atoms with E-state index < -0.39 is 23.4 Å². The van der Waals surface area contributed by atoms with E-state index in [0.717, 1.165) is 24.5 Å². The highest BCUT2D eigenvalue weighted by molar-refractivity contribution is 6.04. The molecule has 0 fully saturated rings. The summed E-state index contributed by atoms with van der Waals surface area (Å²) in [6.07, 6.45) is 2.30. The van der Waals surface area contributed by atoms with Gasteiger partial charge in [0.1, 0.15) is 11.9 Å². The zero-order valence-electron chi connectivity index (χ0n) is 15.4. The van der Waals surface area contributed by atoms with Gasteiger partial charge in [0.25, 0.3) is 0 Å². The predicted molar refractivity (Wildman–Crippen MR) is 105 cm³/mol. The molecular weight excluding hydrogens is 340 g/mol. The second-order valence-electron chi connectivity index (χ2n) is 7.02. The number of aryl methyl sites for hydroxylation is 4. The Hall–Kier alpha value is -2.85. The summed E-state index contributed by atoms with van der Waals surface area (Å²) in [6, 6.07) is 16.7. The molecule has 0 aliphatic heterocycles. The van der Waals surface area contributed by atoms with Crippen LogP contribution in [-0.2, 0) is 24.1 Å². The van der Waals surface area contributed by atoms with E-state index in [1.165, 1.54) is 16.7 Å². The molecule has 0 spiro atoms. The highest BCUT2D eigenvalue weighted by Crippen LogP contribution is 2.25. The van der Waals surface area contributed by atoms with Crippen molar-refractivity contribution in [3.05, 3.63) is 94.0 Å². The minimum Gasteiger partial charge on any atom is -0.509 e. The summed E-state index contributed by atoms with van der Waals surface area (Å²) in [5, 5.41) is 29.5. The Kier molecular flexibility index (Phi) is 5.77. The lowest BCUT2D eigenvalue weighted by molar-refractivity contribution is -0.114. The summed E-state index contributed by atoms with van der Waals surface area (Å²) in [5.41, 5.74) is 5.01. The quantitative estimate of drug-likeness (QED) is 0.726. The highest BCUT2D eigenvalue weighted by atomic mass is 16.3. The van der Waals surface area contributed by atoms with Crippen molar-refractivity contribution in [3.8, 4) is 0 Å². The van der Waals surface area contributed by atoms with Crippen molar-refractivity contribution < 1.29 is 20.1 Å². The number of ketones is 1. The van der Waals surface area contributed by atoms with Crippen LogP contribution in [0.3, 0.4) is 0 Å². The Labute approximate surface area is 159 Å². The van der Waals surface area contributed by atoms with Gasteiger partial charge in [-0.2, -0.15) is 0 Å². The molecule has 4 heteroatoms. The number of rotatable bonds is 6. The molecule has 1 aliphatic rings. The molecule has 1 aliphatic carbocycles. The number of carbonyl (C=O) groups is 1. The minimum atomic E-state index is -1.31. The van der Waals surface area contributed by atoms with Crippen LogP contribution >= 0.6 is 0 Å². The number of aliphatic hydroxyl groups is 3. The van der Waals surface area contributed by atoms with Crippen LogP contribution in [0.5, 0.6) is 0 Å². The maximum Gasteiger partial charge on any atom is 0.223 e. The Morgan fingerprint density at radius 2 is 1.41 bits per heavy atom. The molecule has 0 amide bonds. The Morgan fingerprint density at radius 3 is 2.04 bits per heavy atom. The van der Waals surface area contributed by atoms with Crippen molar-refractivity contribution in [3.63, 3.8) is 0 Å². The first kappa shape index (κ1) is 18.9. The molecule has 3 N–H and O–H groups in total. The van der Waals surface area contributed by atoms with Crippen molar-refractivity contribution in [2.75, 3.05) is 0 Å². The smallest absolute Gasteiger partial charge is 0.223 e. The Morgan fingerprint density at radius 1 is 0.852 bits per heavy atom. The monoisotopic (exact) mass is 364 g/mol. The van der Waals surface area contributed by atoms with Crippen LogP contribution in [-0.4, -0.2) is 27.2 Å². The number of hydrogen-bond donors (Lipinski definition) is 3. The topological polar surface area (TPSA) is 77.8 Å². The van der Waals surface area contributed by atoms with E-state index in [1.807, 2.05) is 12.1 Å². The summed E-state index contributed by atoms with van der Waals surface area (Å²) in [7, 11) is 0. The van der Waals surface area contributed by atoms with Crippen LogP contribution in [0, 0.1) is 6.92 Å². The van der Waals surface area contributed by atoms with Crippen LogP contribution in [0.25, 0.3) is 0 Å². The van der Waals surface area contributed by atoms with E-state index in [1.54, 1.807) is 0 Å². The number of hydrogen-bond acceptors (Lipinski definition) is 4. The van der Waals surface area contributed by atoms with E-state index in [0.29, 0.717) is 12.8 Å². The van der Waals surface area contributed by atoms with Crippen molar-refractivity contribution in [2.24, 2.45) is 0 Å². The first-order chi connectivity index (χ1) is 12.9. The van der Waals surface area contributed by atoms with E-state index in [4.69, 9.17) is 0 Å². The molecule has 2 aromatic rings. The third-order valence-corrected chi connectivity index (χ3v) is 4.89. The SMILES string of the molecule is Cc1cccc(CCc2cccc(CCC3=C(O)C(=O)C=C(O)C3O)c2)c1. The standard InChI is InChI=1S/C23H24O4/c1-15-4-2-5-16(12-15)8-9-17-6-3-7-18(13-17)10-11-19-22(26)20(24)14-21(25)23(19)27/h2-7,12-14,22,24,26-27H,8-11H2,1H3. The number of allylic oxidation sites excluding steroid dienone is 1. The van der Waals surface area contributed by atoms with Crippen LogP contribution in [0.2, 0.25) is 0 Å². The average Bonchev–Trinajstić information content (AvgIpc) is 2.65. The number of benzene rings is 2. The molecule has 0 saturated carbocycles. The van der Waals surface area contributed by atoms with Crippen molar-refractivity contribution in [1.29, 1.82) is 0 Å². The summed E-state index contributed by atoms with van der Waals surface area (Å²) in [5.74, 6) is -1.55. The van der Waals surface area contributed by atoms with Crippen molar-refractivity contribution in [2.45, 2.75) is 38.7 Å². The molecule has 3 rings (SSSR count). The van der Waals surface area contributed by atoms with Crippen LogP contribution < -0.4 is 0 Å². The molecule has 27 heavy (non-hydrogen) atoms. The van der Waals surface area contributed by atoms with E-state index >= 15 is 0 Å². The van der Waals surface area contributed by atoms with Gasteiger partial charge in [-0.15, -0.1) is 0 Å². The fourth-order valence-corrected chi connectivity index (χ4v) is 3.38. The molecule has 0 aromatic heterocycles. The van der Waals surface area contributed by atoms with Gasteiger partial charge in [0.2, 0.25) is 5.78 Å². The predicted octanol–water partition coefficient (Wildman–Crippen LogP) is 3.91. The molecule has 1 unspecified atom stereocenters.